The van der Waals surface area contributed by atoms with Crippen molar-refractivity contribution in [1.82, 2.24) is 9.97 Å². The second kappa shape index (κ2) is 4.23. The van der Waals surface area contributed by atoms with Gasteiger partial charge in [-0.2, -0.15) is 0 Å². The average Bonchev–Trinajstić information content (AvgIpc) is 2.07. The van der Waals surface area contributed by atoms with Crippen LogP contribution in [-0.4, -0.2) is 27.3 Å². The Morgan fingerprint density at radius 2 is 2.38 bits per heavy atom. The van der Waals surface area contributed by atoms with Gasteiger partial charge in [-0.15, -0.1) is 11.8 Å². The SMILES string of the molecule is CSc1nc(C)ncc1CC(=O)O. The van der Waals surface area contributed by atoms with Crippen LogP contribution in [0, 0.1) is 6.92 Å². The number of hydrogen-bond donors (Lipinski definition) is 1. The number of carboxylic acid groups (broad SMARTS) is 1. The highest BCUT2D eigenvalue weighted by Crippen LogP contribution is 2.17. The molecular weight excluding hydrogens is 188 g/mol. The van der Waals surface area contributed by atoms with Crippen LogP contribution in [-0.2, 0) is 11.2 Å². The fourth-order valence-corrected chi connectivity index (χ4v) is 1.55. The summed E-state index contributed by atoms with van der Waals surface area (Å²) in [7, 11) is 0. The molecule has 0 unspecified atom stereocenters. The molecule has 1 heterocycles. The number of thioether (sulfide) groups is 1. The number of carboxylic acids is 1. The number of carbonyl (C=O) groups is 1. The van der Waals surface area contributed by atoms with Crippen molar-refractivity contribution in [2.45, 2.75) is 18.4 Å². The summed E-state index contributed by atoms with van der Waals surface area (Å²) in [6, 6.07) is 0. The highest BCUT2D eigenvalue weighted by Gasteiger charge is 2.07. The maximum absolute atomic E-state index is 10.5. The Labute approximate surface area is 80.4 Å². The van der Waals surface area contributed by atoms with E-state index in [4.69, 9.17) is 5.11 Å². The molecule has 4 nitrogen and oxygen atoms in total. The van der Waals surface area contributed by atoms with Crippen molar-refractivity contribution < 1.29 is 9.90 Å². The summed E-state index contributed by atoms with van der Waals surface area (Å²) >= 11 is 1.44. The van der Waals surface area contributed by atoms with Crippen molar-refractivity contribution in [3.05, 3.63) is 17.6 Å². The fraction of sp³-hybridized carbons (Fsp3) is 0.375. The molecule has 13 heavy (non-hydrogen) atoms. The van der Waals surface area contributed by atoms with Gasteiger partial charge < -0.3 is 5.11 Å². The van der Waals surface area contributed by atoms with Gasteiger partial charge in [0, 0.05) is 11.8 Å². The molecule has 0 bridgehead atoms. The van der Waals surface area contributed by atoms with Gasteiger partial charge in [-0.3, -0.25) is 4.79 Å². The molecule has 0 spiro atoms. The van der Waals surface area contributed by atoms with Gasteiger partial charge in [-0.05, 0) is 13.2 Å². The standard InChI is InChI=1S/C8H10N2O2S/c1-5-9-4-6(3-7(11)12)8(10-5)13-2/h4H,3H2,1-2H3,(H,11,12). The largest absolute Gasteiger partial charge is 0.481 e. The lowest BCUT2D eigenvalue weighted by Crippen LogP contribution is -2.04. The molecule has 1 N–H and O–H groups in total. The highest BCUT2D eigenvalue weighted by molar-refractivity contribution is 7.98. The van der Waals surface area contributed by atoms with Gasteiger partial charge >= 0.3 is 5.97 Å². The van der Waals surface area contributed by atoms with Gasteiger partial charge in [0.05, 0.1) is 6.42 Å². The van der Waals surface area contributed by atoms with Crippen LogP contribution in [0.25, 0.3) is 0 Å². The molecule has 0 radical (unpaired) electrons. The van der Waals surface area contributed by atoms with Crippen LogP contribution in [0.2, 0.25) is 0 Å². The minimum atomic E-state index is -0.859. The molecule has 0 atom stereocenters. The Morgan fingerprint density at radius 1 is 1.69 bits per heavy atom. The first-order valence-electron chi connectivity index (χ1n) is 3.71. The van der Waals surface area contributed by atoms with Crippen molar-refractivity contribution in [2.24, 2.45) is 0 Å². The summed E-state index contributed by atoms with van der Waals surface area (Å²) < 4.78 is 0. The summed E-state index contributed by atoms with van der Waals surface area (Å²) in [5.74, 6) is -0.193. The van der Waals surface area contributed by atoms with Crippen molar-refractivity contribution >= 4 is 17.7 Å². The minimum Gasteiger partial charge on any atom is -0.481 e. The molecule has 0 aliphatic rings. The molecule has 70 valence electrons. The first-order chi connectivity index (χ1) is 6.13. The van der Waals surface area contributed by atoms with E-state index < -0.39 is 5.97 Å². The zero-order valence-corrected chi connectivity index (χ0v) is 8.26. The summed E-state index contributed by atoms with van der Waals surface area (Å²) in [5, 5.41) is 9.34. The summed E-state index contributed by atoms with van der Waals surface area (Å²) in [5.41, 5.74) is 0.672. The van der Waals surface area contributed by atoms with Crippen LogP contribution in [0.5, 0.6) is 0 Å². The van der Waals surface area contributed by atoms with Crippen LogP contribution in [0.3, 0.4) is 0 Å². The lowest BCUT2D eigenvalue weighted by atomic mass is 10.2. The average molecular weight is 198 g/mol. The van der Waals surface area contributed by atoms with Crippen LogP contribution in [0.1, 0.15) is 11.4 Å². The Hall–Kier alpha value is -1.10. The normalized spacial score (nSPS) is 10.0. The third-order valence-electron chi connectivity index (χ3n) is 1.48. The van der Waals surface area contributed by atoms with E-state index in [1.54, 1.807) is 13.1 Å². The Morgan fingerprint density at radius 3 is 2.92 bits per heavy atom. The second-order valence-corrected chi connectivity index (χ2v) is 3.32. The van der Waals surface area contributed by atoms with Crippen molar-refractivity contribution in [3.63, 3.8) is 0 Å². The highest BCUT2D eigenvalue weighted by atomic mass is 32.2. The molecule has 0 saturated heterocycles. The molecule has 0 fully saturated rings. The lowest BCUT2D eigenvalue weighted by molar-refractivity contribution is -0.136. The van der Waals surface area contributed by atoms with Crippen molar-refractivity contribution in [2.75, 3.05) is 6.26 Å². The Balaban J connectivity index is 2.99. The monoisotopic (exact) mass is 198 g/mol. The summed E-state index contributed by atoms with van der Waals surface area (Å²) in [6.45, 7) is 1.78. The van der Waals surface area contributed by atoms with Crippen LogP contribution in [0.4, 0.5) is 0 Å². The quantitative estimate of drug-likeness (QED) is 0.582. The topological polar surface area (TPSA) is 63.1 Å². The molecular formula is C8H10N2O2S. The first kappa shape index (κ1) is 9.98. The molecule has 1 rings (SSSR count). The number of aryl methyl sites for hydroxylation is 1. The number of hydrogen-bond acceptors (Lipinski definition) is 4. The van der Waals surface area contributed by atoms with Crippen LogP contribution >= 0.6 is 11.8 Å². The predicted molar refractivity (Wildman–Crippen MR) is 49.9 cm³/mol. The van der Waals surface area contributed by atoms with E-state index in [1.807, 2.05) is 6.26 Å². The predicted octanol–water partition coefficient (Wildman–Crippen LogP) is 1.13. The zero-order valence-electron chi connectivity index (χ0n) is 7.44. The van der Waals surface area contributed by atoms with Gasteiger partial charge in [0.1, 0.15) is 10.9 Å². The number of aliphatic carboxylic acids is 1. The lowest BCUT2D eigenvalue weighted by Gasteiger charge is -2.03. The van der Waals surface area contributed by atoms with E-state index >= 15 is 0 Å². The van der Waals surface area contributed by atoms with Crippen molar-refractivity contribution in [1.29, 1.82) is 0 Å². The number of nitrogens with zero attached hydrogens (tertiary/aromatic N) is 2. The molecule has 5 heteroatoms. The third kappa shape index (κ3) is 2.69. The van der Waals surface area contributed by atoms with E-state index in [9.17, 15) is 4.79 Å². The van der Waals surface area contributed by atoms with E-state index in [-0.39, 0.29) is 6.42 Å². The molecule has 0 saturated carbocycles. The molecule has 0 aromatic carbocycles. The van der Waals surface area contributed by atoms with E-state index in [0.717, 1.165) is 5.03 Å². The minimum absolute atomic E-state index is 0.0174. The molecule has 1 aromatic rings. The molecule has 0 amide bonds. The maximum atomic E-state index is 10.5. The van der Waals surface area contributed by atoms with Crippen LogP contribution < -0.4 is 0 Å². The fourth-order valence-electron chi connectivity index (χ4n) is 0.935. The summed E-state index contributed by atoms with van der Waals surface area (Å²) in [4.78, 5) is 18.5. The Bertz CT molecular complexity index is 328. The van der Waals surface area contributed by atoms with Gasteiger partial charge in [0.15, 0.2) is 0 Å². The Kier molecular flexibility index (Phi) is 3.25. The summed E-state index contributed by atoms with van der Waals surface area (Å²) in [6.07, 6.45) is 3.42. The van der Waals surface area contributed by atoms with Crippen molar-refractivity contribution in [3.8, 4) is 0 Å². The maximum Gasteiger partial charge on any atom is 0.307 e. The number of rotatable bonds is 3. The molecule has 0 aliphatic heterocycles. The van der Waals surface area contributed by atoms with Crippen LogP contribution in [0.15, 0.2) is 11.2 Å². The van der Waals surface area contributed by atoms with Gasteiger partial charge in [-0.25, -0.2) is 9.97 Å². The smallest absolute Gasteiger partial charge is 0.307 e. The second-order valence-electron chi connectivity index (χ2n) is 2.52. The third-order valence-corrected chi connectivity index (χ3v) is 2.22. The van der Waals surface area contributed by atoms with E-state index in [2.05, 4.69) is 9.97 Å². The van der Waals surface area contributed by atoms with Gasteiger partial charge in [0.2, 0.25) is 0 Å². The van der Waals surface area contributed by atoms with E-state index in [0.29, 0.717) is 11.4 Å². The molecule has 1 aromatic heterocycles. The van der Waals surface area contributed by atoms with Gasteiger partial charge in [0.25, 0.3) is 0 Å². The number of aromatic nitrogens is 2. The van der Waals surface area contributed by atoms with E-state index in [1.165, 1.54) is 11.8 Å². The first-order valence-corrected chi connectivity index (χ1v) is 4.94. The van der Waals surface area contributed by atoms with Gasteiger partial charge in [-0.1, -0.05) is 0 Å². The zero-order chi connectivity index (χ0) is 9.84. The molecule has 0 aliphatic carbocycles.